The number of fused-ring (bicyclic) bond motifs is 2. The Morgan fingerprint density at radius 3 is 1.16 bits per heavy atom. The molecule has 0 atom stereocenters. The molecule has 0 bridgehead atoms. The first-order chi connectivity index (χ1) is 20.4. The molecule has 0 aromatic heterocycles. The Morgan fingerprint density at radius 1 is 0.636 bits per heavy atom. The number of hydrogen-bond acceptors (Lipinski definition) is 10. The molecule has 0 aliphatic heterocycles. The average Bonchev–Trinajstić information content (AvgIpc) is 2.92. The van der Waals surface area contributed by atoms with Crippen molar-refractivity contribution in [3.8, 4) is 45.6 Å². The van der Waals surface area contributed by atoms with Crippen molar-refractivity contribution >= 4 is 44.2 Å². The van der Waals surface area contributed by atoms with E-state index in [4.69, 9.17) is 4.55 Å². The second-order valence-corrected chi connectivity index (χ2v) is 12.9. The Hall–Kier alpha value is -4.55. The molecule has 11 nitrogen and oxygen atoms in total. The molecular formula is C32H36O11S. The lowest BCUT2D eigenvalue weighted by Crippen LogP contribution is -2.01. The van der Waals surface area contributed by atoms with Gasteiger partial charge in [0.05, 0.1) is 16.9 Å². The van der Waals surface area contributed by atoms with Crippen LogP contribution in [-0.2, 0) is 10.1 Å². The molecule has 0 fully saturated rings. The second-order valence-electron chi connectivity index (χ2n) is 11.1. The van der Waals surface area contributed by atoms with Gasteiger partial charge in [0.25, 0.3) is 10.1 Å². The van der Waals surface area contributed by atoms with Gasteiger partial charge in [0.1, 0.15) is 11.5 Å². The van der Waals surface area contributed by atoms with E-state index in [0.29, 0.717) is 45.6 Å². The fourth-order valence-electron chi connectivity index (χ4n) is 5.60. The number of hydrogen-bond donors (Lipinski definition) is 7. The summed E-state index contributed by atoms with van der Waals surface area (Å²) >= 11 is 0. The first kappa shape index (κ1) is 33.9. The summed E-state index contributed by atoms with van der Waals surface area (Å²) in [5.74, 6) is -3.77. The fraction of sp³-hybridized carbons (Fsp3) is 0.312. The number of phenolic OH excluding ortho intramolecular Hbond substituents is 6. The lowest BCUT2D eigenvalue weighted by atomic mass is 9.83. The minimum atomic E-state index is -3.66. The lowest BCUT2D eigenvalue weighted by Gasteiger charge is -2.23. The molecule has 0 spiro atoms. The number of aldehydes is 2. The van der Waals surface area contributed by atoms with Gasteiger partial charge in [-0.1, -0.05) is 39.8 Å². The number of rotatable bonds is 6. The van der Waals surface area contributed by atoms with E-state index in [9.17, 15) is 48.6 Å². The van der Waals surface area contributed by atoms with Crippen molar-refractivity contribution in [1.82, 2.24) is 0 Å². The van der Waals surface area contributed by atoms with Crippen molar-refractivity contribution < 1.29 is 53.2 Å². The van der Waals surface area contributed by atoms with Crippen LogP contribution >= 0.6 is 0 Å². The highest BCUT2D eigenvalue weighted by Crippen LogP contribution is 2.54. The van der Waals surface area contributed by atoms with Crippen LogP contribution in [0.4, 0.5) is 0 Å². The third-order valence-corrected chi connectivity index (χ3v) is 8.32. The number of aryl methyl sites for hydroxylation is 2. The lowest BCUT2D eigenvalue weighted by molar-refractivity contribution is 0.111. The molecule has 0 saturated heterocycles. The van der Waals surface area contributed by atoms with Crippen molar-refractivity contribution in [2.75, 3.05) is 5.75 Å². The van der Waals surface area contributed by atoms with Crippen molar-refractivity contribution in [1.29, 1.82) is 0 Å². The normalized spacial score (nSPS) is 11.7. The molecule has 7 N–H and O–H groups in total. The third kappa shape index (κ3) is 5.58. The average molecular weight is 629 g/mol. The molecule has 44 heavy (non-hydrogen) atoms. The third-order valence-electron chi connectivity index (χ3n) is 7.59. The van der Waals surface area contributed by atoms with Gasteiger partial charge in [0, 0.05) is 33.0 Å². The van der Waals surface area contributed by atoms with Gasteiger partial charge in [-0.2, -0.15) is 8.42 Å². The molecule has 0 amide bonds. The van der Waals surface area contributed by atoms with Crippen LogP contribution in [0.5, 0.6) is 34.5 Å². The van der Waals surface area contributed by atoms with Gasteiger partial charge in [0.15, 0.2) is 35.6 Å². The molecular weight excluding hydrogens is 592 g/mol. The number of benzene rings is 4. The molecule has 0 saturated carbocycles. The first-order valence-corrected chi connectivity index (χ1v) is 15.3. The van der Waals surface area contributed by atoms with E-state index in [1.54, 1.807) is 53.7 Å². The Morgan fingerprint density at radius 2 is 0.932 bits per heavy atom. The summed E-state index contributed by atoms with van der Waals surface area (Å²) in [6.45, 7) is 11.9. The fourth-order valence-corrected chi connectivity index (χ4v) is 5.60. The van der Waals surface area contributed by atoms with E-state index in [2.05, 4.69) is 0 Å². The highest BCUT2D eigenvalue weighted by molar-refractivity contribution is 7.85. The van der Waals surface area contributed by atoms with Gasteiger partial charge in [0.2, 0.25) is 0 Å². The van der Waals surface area contributed by atoms with Gasteiger partial charge in [-0.3, -0.25) is 14.1 Å². The van der Waals surface area contributed by atoms with Crippen LogP contribution in [-0.4, -0.2) is 61.9 Å². The van der Waals surface area contributed by atoms with Crippen molar-refractivity contribution in [2.24, 2.45) is 0 Å². The Bertz CT molecular complexity index is 1810. The Kier molecular flexibility index (Phi) is 9.42. The highest BCUT2D eigenvalue weighted by Gasteiger charge is 2.29. The van der Waals surface area contributed by atoms with Crippen LogP contribution in [0.3, 0.4) is 0 Å². The van der Waals surface area contributed by atoms with E-state index in [0.717, 1.165) is 0 Å². The number of carbonyl (C=O) groups is 2. The molecule has 4 aromatic carbocycles. The van der Waals surface area contributed by atoms with Gasteiger partial charge in [-0.05, 0) is 54.5 Å². The number of phenols is 6. The zero-order valence-electron chi connectivity index (χ0n) is 25.3. The number of carbonyl (C=O) groups excluding carboxylic acids is 2. The largest absolute Gasteiger partial charge is 0.507 e. The second kappa shape index (κ2) is 12.2. The maximum absolute atomic E-state index is 12.0. The minimum Gasteiger partial charge on any atom is -0.507 e. The molecule has 0 aliphatic rings. The number of aromatic hydroxyl groups is 6. The molecule has 0 aliphatic carbocycles. The highest BCUT2D eigenvalue weighted by atomic mass is 32.2. The smallest absolute Gasteiger partial charge is 0.264 e. The van der Waals surface area contributed by atoms with Crippen LogP contribution in [0.15, 0.2) is 12.1 Å². The summed E-state index contributed by atoms with van der Waals surface area (Å²) in [7, 11) is -3.66. The van der Waals surface area contributed by atoms with E-state index < -0.39 is 44.6 Å². The van der Waals surface area contributed by atoms with Crippen LogP contribution in [0.1, 0.15) is 89.4 Å². The quantitative estimate of drug-likeness (QED) is 0.0718. The van der Waals surface area contributed by atoms with Crippen LogP contribution in [0.25, 0.3) is 32.7 Å². The summed E-state index contributed by atoms with van der Waals surface area (Å²) in [5.41, 5.74) is 1.33. The van der Waals surface area contributed by atoms with Gasteiger partial charge >= 0.3 is 0 Å². The Labute approximate surface area is 254 Å². The van der Waals surface area contributed by atoms with E-state index >= 15 is 0 Å². The van der Waals surface area contributed by atoms with E-state index in [-0.39, 0.29) is 50.6 Å². The van der Waals surface area contributed by atoms with Crippen molar-refractivity contribution in [3.05, 3.63) is 45.5 Å². The predicted octanol–water partition coefficient (Wildman–Crippen LogP) is 6.28. The molecule has 0 unspecified atom stereocenters. The molecule has 4 rings (SSSR count). The molecule has 0 radical (unpaired) electrons. The summed E-state index contributed by atoms with van der Waals surface area (Å²) in [5, 5.41) is 66.4. The van der Waals surface area contributed by atoms with E-state index in [1.807, 2.05) is 0 Å². The van der Waals surface area contributed by atoms with Crippen LogP contribution in [0.2, 0.25) is 0 Å². The standard InChI is InChI=1S/C30H30O8.C2H6O3S/c1-11(2)19-15-7-13(5)21(27(35)23(15)17(9-31)25(33)29(19)37)22-14(6)8-16-20(12(3)4)30(38)26(34)18(10-32)24(16)28(22)36;1-2-6(3,4)5/h7-12,33-38H,1-6H3;2H2,1H3,(H,3,4,5). The predicted molar refractivity (Wildman–Crippen MR) is 167 cm³/mol. The topological polar surface area (TPSA) is 210 Å². The molecule has 4 aromatic rings. The summed E-state index contributed by atoms with van der Waals surface area (Å²) in [4.78, 5) is 24.0. The maximum atomic E-state index is 12.0. The Balaban J connectivity index is 0.000000801. The zero-order chi connectivity index (χ0) is 33.6. The monoisotopic (exact) mass is 628 g/mol. The zero-order valence-corrected chi connectivity index (χ0v) is 26.2. The van der Waals surface area contributed by atoms with Crippen molar-refractivity contribution in [2.45, 2.75) is 60.3 Å². The summed E-state index contributed by atoms with van der Waals surface area (Å²) < 4.78 is 26.9. The van der Waals surface area contributed by atoms with Gasteiger partial charge in [-0.15, -0.1) is 0 Å². The minimum absolute atomic E-state index is 0.00512. The molecule has 12 heteroatoms. The first-order valence-electron chi connectivity index (χ1n) is 13.7. The molecule has 236 valence electrons. The van der Waals surface area contributed by atoms with Crippen LogP contribution < -0.4 is 0 Å². The SMILES string of the molecule is CCS(=O)(=O)O.Cc1cc2c(C(C)C)c(O)c(O)c(C=O)c2c(O)c1-c1c(C)cc2c(C(C)C)c(O)c(O)c(C=O)c2c1O. The summed E-state index contributed by atoms with van der Waals surface area (Å²) in [6.07, 6.45) is 0.682. The van der Waals surface area contributed by atoms with E-state index in [1.165, 1.54) is 6.92 Å². The molecule has 0 heterocycles. The maximum Gasteiger partial charge on any atom is 0.264 e. The van der Waals surface area contributed by atoms with Gasteiger partial charge in [-0.25, -0.2) is 0 Å². The van der Waals surface area contributed by atoms with Crippen LogP contribution in [0, 0.1) is 13.8 Å². The van der Waals surface area contributed by atoms with Crippen molar-refractivity contribution in [3.63, 3.8) is 0 Å². The summed E-state index contributed by atoms with van der Waals surface area (Å²) in [6, 6.07) is 3.31. The van der Waals surface area contributed by atoms with Gasteiger partial charge < -0.3 is 30.6 Å².